The molecular formula is C24H21Cl2IN2O3. The molecule has 0 heterocycles. The highest BCUT2D eigenvalue weighted by molar-refractivity contribution is 14.1. The number of hydrogen-bond acceptors (Lipinski definition) is 4. The topological polar surface area (TPSA) is 59.9 Å². The summed E-state index contributed by atoms with van der Waals surface area (Å²) < 4.78 is 12.6. The fourth-order valence-electron chi connectivity index (χ4n) is 2.88. The molecular weight excluding hydrogens is 562 g/mol. The quantitative estimate of drug-likeness (QED) is 0.184. The first-order chi connectivity index (χ1) is 15.4. The van der Waals surface area contributed by atoms with E-state index in [9.17, 15) is 4.79 Å². The summed E-state index contributed by atoms with van der Waals surface area (Å²) in [4.78, 5) is 12.3. The van der Waals surface area contributed by atoms with Crippen LogP contribution in [0.1, 0.15) is 34.0 Å². The summed E-state index contributed by atoms with van der Waals surface area (Å²) >= 11 is 14.4. The van der Waals surface area contributed by atoms with Crippen molar-refractivity contribution >= 4 is 57.9 Å². The van der Waals surface area contributed by atoms with Gasteiger partial charge >= 0.3 is 0 Å². The summed E-state index contributed by atoms with van der Waals surface area (Å²) in [6.07, 6.45) is 1.55. The number of halogens is 3. The zero-order valence-electron chi connectivity index (χ0n) is 17.5. The second-order valence-corrected chi connectivity index (χ2v) is 8.87. The van der Waals surface area contributed by atoms with Crippen molar-refractivity contribution in [2.45, 2.75) is 20.5 Å². The van der Waals surface area contributed by atoms with Crippen molar-refractivity contribution in [2.75, 3.05) is 6.61 Å². The highest BCUT2D eigenvalue weighted by atomic mass is 127. The Balaban J connectivity index is 1.73. The molecule has 5 nitrogen and oxygen atoms in total. The molecule has 3 aromatic rings. The van der Waals surface area contributed by atoms with Crippen LogP contribution in [0.15, 0.2) is 59.7 Å². The number of benzene rings is 3. The van der Waals surface area contributed by atoms with Crippen LogP contribution < -0.4 is 14.9 Å². The molecule has 0 aliphatic heterocycles. The van der Waals surface area contributed by atoms with Crippen LogP contribution in [0.5, 0.6) is 11.5 Å². The molecule has 0 bridgehead atoms. The van der Waals surface area contributed by atoms with Gasteiger partial charge in [-0.3, -0.25) is 4.79 Å². The Hall–Kier alpha value is -2.29. The molecule has 3 aromatic carbocycles. The largest absolute Gasteiger partial charge is 0.490 e. The number of nitrogens with one attached hydrogen (secondary N) is 1. The van der Waals surface area contributed by atoms with Gasteiger partial charge in [0.1, 0.15) is 6.61 Å². The average molecular weight is 583 g/mol. The van der Waals surface area contributed by atoms with Crippen LogP contribution in [0.2, 0.25) is 10.0 Å². The van der Waals surface area contributed by atoms with E-state index in [0.29, 0.717) is 40.3 Å². The van der Waals surface area contributed by atoms with Gasteiger partial charge < -0.3 is 9.47 Å². The maximum atomic E-state index is 12.3. The van der Waals surface area contributed by atoms with Crippen LogP contribution in [-0.4, -0.2) is 18.7 Å². The van der Waals surface area contributed by atoms with E-state index < -0.39 is 0 Å². The molecule has 1 N–H and O–H groups in total. The first-order valence-electron chi connectivity index (χ1n) is 9.80. The lowest BCUT2D eigenvalue weighted by Gasteiger charge is -2.15. The van der Waals surface area contributed by atoms with Crippen molar-refractivity contribution < 1.29 is 14.3 Å². The normalized spacial score (nSPS) is 10.9. The minimum Gasteiger partial charge on any atom is -0.490 e. The van der Waals surface area contributed by atoms with Crippen molar-refractivity contribution in [3.05, 3.63) is 90.5 Å². The molecule has 0 fully saturated rings. The lowest BCUT2D eigenvalue weighted by Crippen LogP contribution is -2.18. The van der Waals surface area contributed by atoms with Crippen LogP contribution in [0.25, 0.3) is 0 Å². The lowest BCUT2D eigenvalue weighted by molar-refractivity contribution is 0.0955. The first-order valence-corrected chi connectivity index (χ1v) is 11.6. The Morgan fingerprint density at radius 3 is 2.66 bits per heavy atom. The summed E-state index contributed by atoms with van der Waals surface area (Å²) in [7, 11) is 0. The van der Waals surface area contributed by atoms with Gasteiger partial charge in [-0.25, -0.2) is 5.43 Å². The van der Waals surface area contributed by atoms with E-state index in [1.54, 1.807) is 18.3 Å². The Kier molecular flexibility index (Phi) is 8.78. The van der Waals surface area contributed by atoms with Crippen LogP contribution in [-0.2, 0) is 6.61 Å². The molecule has 0 aliphatic carbocycles. The maximum absolute atomic E-state index is 12.3. The Bertz CT molecular complexity index is 1150. The zero-order chi connectivity index (χ0) is 23.1. The van der Waals surface area contributed by atoms with Crippen LogP contribution in [0, 0.1) is 10.5 Å². The first kappa shape index (κ1) is 24.4. The summed E-state index contributed by atoms with van der Waals surface area (Å²) in [5.41, 5.74) is 5.56. The number of hydrazone groups is 1. The van der Waals surface area contributed by atoms with Crippen molar-refractivity contribution in [3.8, 4) is 11.5 Å². The molecule has 3 rings (SSSR count). The monoisotopic (exact) mass is 582 g/mol. The third-order valence-electron chi connectivity index (χ3n) is 4.35. The Labute approximate surface area is 210 Å². The van der Waals surface area contributed by atoms with Crippen molar-refractivity contribution in [1.82, 2.24) is 5.43 Å². The van der Waals surface area contributed by atoms with E-state index >= 15 is 0 Å². The number of hydrogen-bond donors (Lipinski definition) is 1. The molecule has 0 aliphatic rings. The lowest BCUT2D eigenvalue weighted by atomic mass is 10.1. The van der Waals surface area contributed by atoms with Gasteiger partial charge in [0.2, 0.25) is 0 Å². The van der Waals surface area contributed by atoms with Gasteiger partial charge in [0.15, 0.2) is 11.5 Å². The smallest absolute Gasteiger partial charge is 0.272 e. The Morgan fingerprint density at radius 1 is 1.12 bits per heavy atom. The van der Waals surface area contributed by atoms with Gasteiger partial charge in [0, 0.05) is 5.02 Å². The van der Waals surface area contributed by atoms with E-state index in [1.807, 2.05) is 56.3 Å². The molecule has 32 heavy (non-hydrogen) atoms. The molecule has 0 unspecified atom stereocenters. The molecule has 0 radical (unpaired) electrons. The van der Waals surface area contributed by atoms with E-state index in [-0.39, 0.29) is 5.91 Å². The van der Waals surface area contributed by atoms with Crippen molar-refractivity contribution in [3.63, 3.8) is 0 Å². The number of nitrogens with zero attached hydrogens (tertiary/aromatic N) is 1. The zero-order valence-corrected chi connectivity index (χ0v) is 21.2. The van der Waals surface area contributed by atoms with Gasteiger partial charge in [-0.15, -0.1) is 0 Å². The summed E-state index contributed by atoms with van der Waals surface area (Å²) in [6, 6.07) is 16.4. The molecule has 0 atom stereocenters. The molecule has 0 aromatic heterocycles. The summed E-state index contributed by atoms with van der Waals surface area (Å²) in [5.74, 6) is 0.850. The minimum atomic E-state index is -0.382. The van der Waals surface area contributed by atoms with Gasteiger partial charge in [-0.2, -0.15) is 5.10 Å². The third kappa shape index (κ3) is 6.60. The standard InChI is InChI=1S/C24H21Cl2IN2O3/c1-3-31-22-12-17(13-28-29-24(30)19-8-7-15(2)9-20(19)26)11-21(27)23(22)32-14-16-5-4-6-18(25)10-16/h4-13H,3,14H2,1-2H3,(H,29,30)/b28-13-. The maximum Gasteiger partial charge on any atom is 0.272 e. The molecule has 0 spiro atoms. The molecule has 8 heteroatoms. The van der Waals surface area contributed by atoms with E-state index in [1.165, 1.54) is 0 Å². The van der Waals surface area contributed by atoms with Gasteiger partial charge in [0.25, 0.3) is 5.91 Å². The van der Waals surface area contributed by atoms with Crippen LogP contribution in [0.4, 0.5) is 0 Å². The van der Waals surface area contributed by atoms with Crippen LogP contribution >= 0.6 is 45.8 Å². The second kappa shape index (κ2) is 11.5. The Morgan fingerprint density at radius 2 is 1.94 bits per heavy atom. The number of aryl methyl sites for hydroxylation is 1. The highest BCUT2D eigenvalue weighted by Gasteiger charge is 2.13. The van der Waals surface area contributed by atoms with E-state index in [2.05, 4.69) is 33.1 Å². The fourth-order valence-corrected chi connectivity index (χ4v) is 4.19. The SMILES string of the molecule is CCOc1cc(/C=N\NC(=O)c2ccc(C)cc2Cl)cc(I)c1OCc1cccc(Cl)c1. The van der Waals surface area contributed by atoms with E-state index in [0.717, 1.165) is 20.3 Å². The van der Waals surface area contributed by atoms with Gasteiger partial charge in [-0.1, -0.05) is 41.4 Å². The minimum absolute atomic E-state index is 0.359. The highest BCUT2D eigenvalue weighted by Crippen LogP contribution is 2.34. The summed E-state index contributed by atoms with van der Waals surface area (Å²) in [6.45, 7) is 4.65. The predicted octanol–water partition coefficient (Wildman–Crippen LogP) is 6.65. The summed E-state index contributed by atoms with van der Waals surface area (Å²) in [5, 5.41) is 5.10. The number of ether oxygens (including phenoxy) is 2. The number of carbonyl (C=O) groups excluding carboxylic acids is 1. The number of amides is 1. The fraction of sp³-hybridized carbons (Fsp3) is 0.167. The van der Waals surface area contributed by atoms with Gasteiger partial charge in [-0.05, 0) is 89.5 Å². The van der Waals surface area contributed by atoms with E-state index in [4.69, 9.17) is 32.7 Å². The van der Waals surface area contributed by atoms with Gasteiger partial charge in [0.05, 0.1) is 27.0 Å². The molecule has 0 saturated carbocycles. The van der Waals surface area contributed by atoms with Crippen molar-refractivity contribution in [1.29, 1.82) is 0 Å². The predicted molar refractivity (Wildman–Crippen MR) is 137 cm³/mol. The average Bonchev–Trinajstić information content (AvgIpc) is 2.73. The number of rotatable bonds is 8. The number of carbonyl (C=O) groups is 1. The molecule has 0 saturated heterocycles. The second-order valence-electron chi connectivity index (χ2n) is 6.86. The third-order valence-corrected chi connectivity index (χ3v) is 5.70. The molecule has 166 valence electrons. The van der Waals surface area contributed by atoms with Crippen molar-refractivity contribution in [2.24, 2.45) is 5.10 Å². The van der Waals surface area contributed by atoms with Crippen LogP contribution in [0.3, 0.4) is 0 Å². The molecule has 1 amide bonds.